The fourth-order valence-corrected chi connectivity index (χ4v) is 2.52. The van der Waals surface area contributed by atoms with Crippen molar-refractivity contribution in [3.63, 3.8) is 0 Å². The van der Waals surface area contributed by atoms with Gasteiger partial charge in [-0.25, -0.2) is 9.38 Å². The molecule has 7 heteroatoms. The third-order valence-electron chi connectivity index (χ3n) is 3.92. The summed E-state index contributed by atoms with van der Waals surface area (Å²) in [6, 6.07) is 11.7. The van der Waals surface area contributed by atoms with Gasteiger partial charge in [0.15, 0.2) is 17.5 Å². The number of benzene rings is 2. The first-order chi connectivity index (χ1) is 13.5. The Morgan fingerprint density at radius 1 is 1.04 bits per heavy atom. The van der Waals surface area contributed by atoms with Crippen LogP contribution in [0.2, 0.25) is 0 Å². The van der Waals surface area contributed by atoms with Crippen molar-refractivity contribution in [2.24, 2.45) is 4.99 Å². The predicted molar refractivity (Wildman–Crippen MR) is 109 cm³/mol. The van der Waals surface area contributed by atoms with E-state index in [4.69, 9.17) is 14.2 Å². The third kappa shape index (κ3) is 6.64. The number of hydrogen-bond donors (Lipinski definition) is 2. The van der Waals surface area contributed by atoms with Gasteiger partial charge in [-0.1, -0.05) is 6.07 Å². The molecule has 0 amide bonds. The van der Waals surface area contributed by atoms with Gasteiger partial charge in [-0.15, -0.1) is 0 Å². The van der Waals surface area contributed by atoms with Crippen molar-refractivity contribution in [2.45, 2.75) is 26.5 Å². The molecule has 152 valence electrons. The van der Waals surface area contributed by atoms with Crippen molar-refractivity contribution in [3.05, 3.63) is 53.8 Å². The molecule has 0 bridgehead atoms. The van der Waals surface area contributed by atoms with Crippen LogP contribution < -0.4 is 24.8 Å². The van der Waals surface area contributed by atoms with Crippen LogP contribution in [0.4, 0.5) is 4.39 Å². The Morgan fingerprint density at radius 2 is 1.75 bits per heavy atom. The summed E-state index contributed by atoms with van der Waals surface area (Å²) in [5.41, 5.74) is 1.01. The Labute approximate surface area is 165 Å². The van der Waals surface area contributed by atoms with Gasteiger partial charge in [0.2, 0.25) is 0 Å². The van der Waals surface area contributed by atoms with E-state index < -0.39 is 0 Å². The third-order valence-corrected chi connectivity index (χ3v) is 3.92. The molecule has 0 heterocycles. The summed E-state index contributed by atoms with van der Waals surface area (Å²) in [5, 5.41) is 6.47. The molecule has 0 saturated heterocycles. The Hall–Kier alpha value is -2.96. The van der Waals surface area contributed by atoms with E-state index in [0.29, 0.717) is 36.3 Å². The lowest BCUT2D eigenvalue weighted by Gasteiger charge is -2.17. The molecule has 0 aromatic heterocycles. The van der Waals surface area contributed by atoms with Gasteiger partial charge >= 0.3 is 0 Å². The van der Waals surface area contributed by atoms with Crippen LogP contribution in [0, 0.1) is 5.82 Å². The second-order valence-corrected chi connectivity index (χ2v) is 6.15. The minimum absolute atomic E-state index is 0.115. The van der Waals surface area contributed by atoms with E-state index in [1.807, 2.05) is 32.0 Å². The van der Waals surface area contributed by atoms with Gasteiger partial charge in [0.05, 0.1) is 27.3 Å². The van der Waals surface area contributed by atoms with Crippen LogP contribution in [0.25, 0.3) is 0 Å². The van der Waals surface area contributed by atoms with Crippen molar-refractivity contribution in [3.8, 4) is 17.2 Å². The highest BCUT2D eigenvalue weighted by Gasteiger charge is 2.07. The molecule has 1 atom stereocenters. The summed E-state index contributed by atoms with van der Waals surface area (Å²) in [5.74, 6) is 2.39. The first kappa shape index (κ1) is 21.3. The molecule has 0 saturated carbocycles. The van der Waals surface area contributed by atoms with Gasteiger partial charge in [-0.3, -0.25) is 0 Å². The van der Waals surface area contributed by atoms with E-state index in [0.717, 1.165) is 12.1 Å². The molecule has 0 aliphatic heterocycles. The SMILES string of the molecule is CCNC(=NCc1ccc(OC)c(OC)c1)NCC(C)Oc1ccc(F)cc1. The van der Waals surface area contributed by atoms with Crippen molar-refractivity contribution in [2.75, 3.05) is 27.3 Å². The lowest BCUT2D eigenvalue weighted by Crippen LogP contribution is -2.41. The van der Waals surface area contributed by atoms with Gasteiger partial charge in [-0.05, 0) is 55.8 Å². The number of ether oxygens (including phenoxy) is 3. The lowest BCUT2D eigenvalue weighted by molar-refractivity contribution is 0.223. The van der Waals surface area contributed by atoms with Gasteiger partial charge in [0, 0.05) is 6.54 Å². The maximum atomic E-state index is 13.0. The fourth-order valence-electron chi connectivity index (χ4n) is 2.52. The van der Waals surface area contributed by atoms with Crippen molar-refractivity contribution in [1.82, 2.24) is 10.6 Å². The molecule has 2 N–H and O–H groups in total. The number of nitrogens with zero attached hydrogens (tertiary/aromatic N) is 1. The summed E-state index contributed by atoms with van der Waals surface area (Å²) >= 11 is 0. The maximum absolute atomic E-state index is 13.0. The first-order valence-electron chi connectivity index (χ1n) is 9.21. The Bertz CT molecular complexity index is 766. The highest BCUT2D eigenvalue weighted by atomic mass is 19.1. The Kier molecular flexibility index (Phi) is 8.39. The van der Waals surface area contributed by atoms with E-state index in [2.05, 4.69) is 15.6 Å². The lowest BCUT2D eigenvalue weighted by atomic mass is 10.2. The van der Waals surface area contributed by atoms with E-state index in [-0.39, 0.29) is 11.9 Å². The number of nitrogens with one attached hydrogen (secondary N) is 2. The average Bonchev–Trinajstić information content (AvgIpc) is 2.71. The van der Waals surface area contributed by atoms with Crippen LogP contribution in [-0.2, 0) is 6.54 Å². The largest absolute Gasteiger partial charge is 0.493 e. The predicted octanol–water partition coefficient (Wildman–Crippen LogP) is 3.37. The summed E-state index contributed by atoms with van der Waals surface area (Å²) in [6.07, 6.45) is -0.115. The molecule has 0 aliphatic carbocycles. The zero-order valence-electron chi connectivity index (χ0n) is 16.8. The van der Waals surface area contributed by atoms with Crippen molar-refractivity contribution >= 4 is 5.96 Å². The molecule has 2 rings (SSSR count). The molecular weight excluding hydrogens is 361 g/mol. The van der Waals surface area contributed by atoms with Crippen LogP contribution >= 0.6 is 0 Å². The average molecular weight is 389 g/mol. The van der Waals surface area contributed by atoms with Crippen LogP contribution in [-0.4, -0.2) is 39.4 Å². The molecule has 1 unspecified atom stereocenters. The van der Waals surface area contributed by atoms with E-state index in [9.17, 15) is 4.39 Å². The van der Waals surface area contributed by atoms with Gasteiger partial charge in [0.25, 0.3) is 0 Å². The molecule has 28 heavy (non-hydrogen) atoms. The Balaban J connectivity index is 1.93. The summed E-state index contributed by atoms with van der Waals surface area (Å²) < 4.78 is 29.3. The Morgan fingerprint density at radius 3 is 2.39 bits per heavy atom. The van der Waals surface area contributed by atoms with Crippen LogP contribution in [0.5, 0.6) is 17.2 Å². The minimum Gasteiger partial charge on any atom is -0.493 e. The topological polar surface area (TPSA) is 64.1 Å². The maximum Gasteiger partial charge on any atom is 0.191 e. The number of rotatable bonds is 9. The second kappa shape index (κ2) is 11.0. The van der Waals surface area contributed by atoms with Gasteiger partial charge in [0.1, 0.15) is 17.7 Å². The molecular formula is C21H28FN3O3. The normalized spacial score (nSPS) is 12.2. The number of guanidine groups is 1. The van der Waals surface area contributed by atoms with Gasteiger partial charge in [-0.2, -0.15) is 0 Å². The van der Waals surface area contributed by atoms with Crippen molar-refractivity contribution in [1.29, 1.82) is 0 Å². The molecule has 0 spiro atoms. The number of aliphatic imine (C=N–C) groups is 1. The first-order valence-corrected chi connectivity index (χ1v) is 9.21. The van der Waals surface area contributed by atoms with Crippen LogP contribution in [0.1, 0.15) is 19.4 Å². The zero-order chi connectivity index (χ0) is 20.4. The zero-order valence-corrected chi connectivity index (χ0v) is 16.8. The molecule has 0 radical (unpaired) electrons. The van der Waals surface area contributed by atoms with E-state index >= 15 is 0 Å². The highest BCUT2D eigenvalue weighted by molar-refractivity contribution is 5.79. The second-order valence-electron chi connectivity index (χ2n) is 6.15. The summed E-state index contributed by atoms with van der Waals surface area (Å²) in [4.78, 5) is 4.60. The quantitative estimate of drug-likeness (QED) is 0.509. The minimum atomic E-state index is -0.283. The van der Waals surface area contributed by atoms with E-state index in [1.165, 1.54) is 12.1 Å². The molecule has 2 aromatic rings. The fraction of sp³-hybridized carbons (Fsp3) is 0.381. The van der Waals surface area contributed by atoms with Crippen molar-refractivity contribution < 1.29 is 18.6 Å². The number of methoxy groups -OCH3 is 2. The van der Waals surface area contributed by atoms with Gasteiger partial charge < -0.3 is 24.8 Å². The molecule has 2 aromatic carbocycles. The summed E-state index contributed by atoms with van der Waals surface area (Å²) in [6.45, 7) is 5.73. The number of halogens is 1. The smallest absolute Gasteiger partial charge is 0.191 e. The van der Waals surface area contributed by atoms with Crippen LogP contribution in [0.15, 0.2) is 47.5 Å². The highest BCUT2D eigenvalue weighted by Crippen LogP contribution is 2.27. The van der Waals surface area contributed by atoms with Crippen LogP contribution in [0.3, 0.4) is 0 Å². The summed E-state index contributed by atoms with van der Waals surface area (Å²) in [7, 11) is 3.22. The monoisotopic (exact) mass is 389 g/mol. The number of hydrogen-bond acceptors (Lipinski definition) is 4. The van der Waals surface area contributed by atoms with E-state index in [1.54, 1.807) is 26.4 Å². The molecule has 0 aliphatic rings. The molecule has 6 nitrogen and oxygen atoms in total. The standard InChI is InChI=1S/C21H28FN3O3/c1-5-23-21(24-13-15(2)28-18-9-7-17(22)8-10-18)25-14-16-6-11-19(26-3)20(12-16)27-4/h6-12,15H,5,13-14H2,1-4H3,(H2,23,24,25). The molecule has 0 fully saturated rings.